The number of likely N-dealkylation sites (tertiary alicyclic amines) is 1. The Morgan fingerprint density at radius 3 is 2.00 bits per heavy atom. The highest BCUT2D eigenvalue weighted by Crippen LogP contribution is 2.15. The summed E-state index contributed by atoms with van der Waals surface area (Å²) in [7, 11) is 2.19. The molecule has 3 aromatic rings. The zero-order chi connectivity index (χ0) is 28.0. The molecule has 8 heteroatoms. The lowest BCUT2D eigenvalue weighted by Gasteiger charge is -2.12. The normalized spacial score (nSPS) is 13.9. The zero-order valence-electron chi connectivity index (χ0n) is 22.9. The van der Waals surface area contributed by atoms with Gasteiger partial charge in [0.15, 0.2) is 0 Å². The summed E-state index contributed by atoms with van der Waals surface area (Å²) in [5, 5.41) is 12.5. The van der Waals surface area contributed by atoms with Crippen LogP contribution in [0.1, 0.15) is 47.6 Å². The van der Waals surface area contributed by atoms with E-state index >= 15 is 0 Å². The Labute approximate surface area is 232 Å². The van der Waals surface area contributed by atoms with Crippen molar-refractivity contribution >= 4 is 29.9 Å². The number of carbonyl (C=O) groups excluding carboxylic acids is 2. The van der Waals surface area contributed by atoms with Crippen molar-refractivity contribution in [2.75, 3.05) is 26.7 Å². The predicted octanol–water partition coefficient (Wildman–Crippen LogP) is 4.45. The number of likely N-dealkylation sites (N-methyl/N-ethyl adjacent to an activating group) is 1. The predicted molar refractivity (Wildman–Crippen MR) is 160 cm³/mol. The van der Waals surface area contributed by atoms with E-state index in [1.54, 1.807) is 6.07 Å². The van der Waals surface area contributed by atoms with Crippen LogP contribution in [0.2, 0.25) is 0 Å². The Morgan fingerprint density at radius 1 is 1.05 bits per heavy atom. The second-order valence-electron chi connectivity index (χ2n) is 8.77. The Bertz CT molecular complexity index is 982. The lowest BCUT2D eigenvalue weighted by atomic mass is 10.1. The van der Waals surface area contributed by atoms with Crippen molar-refractivity contribution in [3.05, 3.63) is 93.7 Å². The first kappa shape index (κ1) is 32.7. The van der Waals surface area contributed by atoms with Crippen LogP contribution >= 0.6 is 11.3 Å². The standard InChI is InChI=1S/C13H12.C7H9N3OS.C6H13N.C4H9NO/c1-3-7-12(8-4-1)11-13-9-5-2-6-10-13;8-7(9)6-2-1-5(12-6)3-10-4-11;1-6-4-3-5-7(6)2;1-2-5-3-4-6/h1-10H,11H2;1-2,4H,3H2,(H3,8,9)(H,10,11);6H,3-5H2,1-2H3;4-5H,2-3H2,1H3. The molecule has 0 radical (unpaired) electrons. The maximum Gasteiger partial charge on any atom is 0.207 e. The smallest absolute Gasteiger partial charge is 0.207 e. The number of amidine groups is 1. The van der Waals surface area contributed by atoms with Gasteiger partial charge < -0.3 is 26.1 Å². The van der Waals surface area contributed by atoms with Crippen LogP contribution in [0.3, 0.4) is 0 Å². The van der Waals surface area contributed by atoms with Crippen molar-refractivity contribution in [3.8, 4) is 0 Å². The molecule has 1 amide bonds. The van der Waals surface area contributed by atoms with Gasteiger partial charge in [-0.3, -0.25) is 10.2 Å². The van der Waals surface area contributed by atoms with Crippen molar-refractivity contribution in [1.82, 2.24) is 15.5 Å². The molecule has 1 aromatic heterocycles. The number of hydrogen-bond acceptors (Lipinski definition) is 6. The molecule has 2 aromatic carbocycles. The highest BCUT2D eigenvalue weighted by atomic mass is 32.1. The minimum atomic E-state index is 0.0670. The summed E-state index contributed by atoms with van der Waals surface area (Å²) in [4.78, 5) is 23.6. The van der Waals surface area contributed by atoms with Crippen LogP contribution in [0.4, 0.5) is 0 Å². The maximum absolute atomic E-state index is 9.95. The van der Waals surface area contributed by atoms with Gasteiger partial charge in [-0.1, -0.05) is 67.6 Å². The van der Waals surface area contributed by atoms with Gasteiger partial charge >= 0.3 is 0 Å². The fourth-order valence-electron chi connectivity index (χ4n) is 3.47. The Kier molecular flexibility index (Phi) is 17.8. The quantitative estimate of drug-likeness (QED) is 0.139. The number of carbonyl (C=O) groups is 2. The van der Waals surface area contributed by atoms with E-state index in [2.05, 4.69) is 90.2 Å². The number of amides is 1. The summed E-state index contributed by atoms with van der Waals surface area (Å²) < 4.78 is 0. The summed E-state index contributed by atoms with van der Waals surface area (Å²) in [6.45, 7) is 7.41. The molecular formula is C30H43N5O2S. The summed E-state index contributed by atoms with van der Waals surface area (Å²) in [5.41, 5.74) is 8.00. The van der Waals surface area contributed by atoms with E-state index in [0.29, 0.717) is 19.5 Å². The van der Waals surface area contributed by atoms with Crippen LogP contribution in [0.15, 0.2) is 72.8 Å². The molecule has 0 aliphatic carbocycles. The summed E-state index contributed by atoms with van der Waals surface area (Å²) >= 11 is 1.41. The molecule has 1 aliphatic rings. The van der Waals surface area contributed by atoms with E-state index in [1.807, 2.05) is 13.0 Å². The second-order valence-corrected chi connectivity index (χ2v) is 9.94. The van der Waals surface area contributed by atoms with Gasteiger partial charge in [0.2, 0.25) is 6.41 Å². The minimum absolute atomic E-state index is 0.0670. The highest BCUT2D eigenvalue weighted by Gasteiger charge is 2.14. The molecule has 1 fully saturated rings. The number of nitrogens with two attached hydrogens (primary N) is 1. The van der Waals surface area contributed by atoms with Crippen LogP contribution in [0.5, 0.6) is 0 Å². The molecule has 1 atom stereocenters. The number of aldehydes is 1. The van der Waals surface area contributed by atoms with Crippen LogP contribution in [0.25, 0.3) is 0 Å². The first-order chi connectivity index (χ1) is 18.4. The molecule has 7 nitrogen and oxygen atoms in total. The monoisotopic (exact) mass is 537 g/mol. The largest absolute Gasteiger partial charge is 0.383 e. The average Bonchev–Trinajstić information content (AvgIpc) is 3.57. The van der Waals surface area contributed by atoms with Gasteiger partial charge in [0.1, 0.15) is 12.1 Å². The van der Waals surface area contributed by atoms with Gasteiger partial charge in [-0.2, -0.15) is 0 Å². The van der Waals surface area contributed by atoms with Gasteiger partial charge in [-0.25, -0.2) is 0 Å². The third kappa shape index (κ3) is 15.0. The fraction of sp³-hybridized carbons (Fsp3) is 0.367. The second kappa shape index (κ2) is 20.7. The van der Waals surface area contributed by atoms with Crippen molar-refractivity contribution in [1.29, 1.82) is 5.41 Å². The van der Waals surface area contributed by atoms with Crippen LogP contribution < -0.4 is 16.4 Å². The topological polar surface area (TPSA) is 111 Å². The molecule has 2 heterocycles. The number of nitrogen functional groups attached to an aromatic ring is 1. The molecule has 1 unspecified atom stereocenters. The average molecular weight is 538 g/mol. The van der Waals surface area contributed by atoms with E-state index in [9.17, 15) is 9.59 Å². The van der Waals surface area contributed by atoms with Gasteiger partial charge in [0, 0.05) is 10.9 Å². The lowest BCUT2D eigenvalue weighted by molar-refractivity contribution is -0.109. The van der Waals surface area contributed by atoms with Crippen molar-refractivity contribution in [3.63, 3.8) is 0 Å². The third-order valence-corrected chi connectivity index (χ3v) is 6.86. The van der Waals surface area contributed by atoms with Gasteiger partial charge in [0.05, 0.1) is 18.0 Å². The molecule has 1 aliphatic heterocycles. The minimum Gasteiger partial charge on any atom is -0.383 e. The molecule has 5 N–H and O–H groups in total. The van der Waals surface area contributed by atoms with Crippen LogP contribution in [-0.2, 0) is 22.6 Å². The van der Waals surface area contributed by atoms with E-state index in [4.69, 9.17) is 11.1 Å². The molecular weight excluding hydrogens is 494 g/mol. The van der Waals surface area contributed by atoms with E-state index in [0.717, 1.165) is 35.0 Å². The molecule has 0 saturated carbocycles. The number of nitrogens with one attached hydrogen (secondary N) is 3. The maximum atomic E-state index is 9.95. The number of nitrogens with zero attached hydrogens (tertiary/aromatic N) is 1. The Morgan fingerprint density at radius 2 is 1.66 bits per heavy atom. The molecule has 4 rings (SSSR count). The highest BCUT2D eigenvalue weighted by molar-refractivity contribution is 7.14. The van der Waals surface area contributed by atoms with E-state index < -0.39 is 0 Å². The van der Waals surface area contributed by atoms with Gasteiger partial charge in [-0.05, 0) is 69.6 Å². The van der Waals surface area contributed by atoms with Gasteiger partial charge in [0.25, 0.3) is 0 Å². The van der Waals surface area contributed by atoms with Crippen molar-refractivity contribution in [2.45, 2.75) is 45.7 Å². The number of hydrogen-bond donors (Lipinski definition) is 4. The number of rotatable bonds is 9. The van der Waals surface area contributed by atoms with E-state index in [-0.39, 0.29) is 5.84 Å². The molecule has 1 saturated heterocycles. The Hall–Kier alpha value is -3.33. The molecule has 206 valence electrons. The van der Waals surface area contributed by atoms with E-state index in [1.165, 1.54) is 41.9 Å². The first-order valence-corrected chi connectivity index (χ1v) is 13.7. The third-order valence-electron chi connectivity index (χ3n) is 5.74. The summed E-state index contributed by atoms with van der Waals surface area (Å²) in [5.74, 6) is 0.0670. The fourth-order valence-corrected chi connectivity index (χ4v) is 4.29. The van der Waals surface area contributed by atoms with Gasteiger partial charge in [-0.15, -0.1) is 11.3 Å². The van der Waals surface area contributed by atoms with Crippen molar-refractivity contribution in [2.24, 2.45) is 5.73 Å². The van der Waals surface area contributed by atoms with Crippen LogP contribution in [0, 0.1) is 5.41 Å². The van der Waals surface area contributed by atoms with Crippen LogP contribution in [-0.4, -0.2) is 56.2 Å². The first-order valence-electron chi connectivity index (χ1n) is 12.9. The number of thiophene rings is 1. The molecule has 0 spiro atoms. The SMILES string of the molecule is CC1CCCN1C.CCNCC=O.N=C(N)c1ccc(CNC=O)s1.c1ccc(Cc2ccccc2)cc1. The zero-order valence-corrected chi connectivity index (χ0v) is 23.7. The van der Waals surface area contributed by atoms with Crippen molar-refractivity contribution < 1.29 is 9.59 Å². The lowest BCUT2D eigenvalue weighted by Crippen LogP contribution is -2.20. The Balaban J connectivity index is 0.000000267. The molecule has 38 heavy (non-hydrogen) atoms. The number of benzene rings is 2. The summed E-state index contributed by atoms with van der Waals surface area (Å²) in [6, 6.07) is 25.5. The molecule has 0 bridgehead atoms. The summed E-state index contributed by atoms with van der Waals surface area (Å²) in [6.07, 6.45) is 5.33.